The van der Waals surface area contributed by atoms with E-state index in [9.17, 15) is 13.6 Å². The third kappa shape index (κ3) is 2.92. The smallest absolute Gasteiger partial charge is 0.330 e. The van der Waals surface area contributed by atoms with Crippen LogP contribution in [0.25, 0.3) is 0 Å². The minimum absolute atomic E-state index is 0.360. The second-order valence-electron chi connectivity index (χ2n) is 5.07. The molecule has 5 heteroatoms. The van der Waals surface area contributed by atoms with E-state index in [-0.39, 0.29) is 0 Å². The number of methoxy groups -OCH3 is 1. The van der Waals surface area contributed by atoms with Crippen molar-refractivity contribution in [2.45, 2.75) is 25.3 Å². The molecule has 104 valence electrons. The van der Waals surface area contributed by atoms with Crippen LogP contribution in [0.1, 0.15) is 25.3 Å². The van der Waals surface area contributed by atoms with Crippen LogP contribution < -0.4 is 5.32 Å². The van der Waals surface area contributed by atoms with Gasteiger partial charge in [-0.25, -0.2) is 13.6 Å². The average Bonchev–Trinajstić information content (AvgIpc) is 3.22. The maximum Gasteiger partial charge on any atom is 0.330 e. The van der Waals surface area contributed by atoms with Gasteiger partial charge >= 0.3 is 5.97 Å². The molecule has 0 aliphatic heterocycles. The van der Waals surface area contributed by atoms with Gasteiger partial charge in [0.1, 0.15) is 5.54 Å². The molecule has 0 amide bonds. The molecule has 3 nitrogen and oxygen atoms in total. The van der Waals surface area contributed by atoms with Crippen LogP contribution in [0.3, 0.4) is 0 Å². The standard InChI is InChI=1S/C14H17F2NO2/c1-14(13(18)19-2,17-8-9-3-4-9)10-5-6-11(15)12(16)7-10/h5-7,9,17H,3-4,8H2,1-2H3. The highest BCUT2D eigenvalue weighted by Crippen LogP contribution is 2.30. The fraction of sp³-hybridized carbons (Fsp3) is 0.500. The molecule has 0 radical (unpaired) electrons. The van der Waals surface area contributed by atoms with Crippen LogP contribution >= 0.6 is 0 Å². The second kappa shape index (κ2) is 5.25. The van der Waals surface area contributed by atoms with Crippen LogP contribution in [-0.4, -0.2) is 19.6 Å². The van der Waals surface area contributed by atoms with Crippen molar-refractivity contribution in [3.63, 3.8) is 0 Å². The SMILES string of the molecule is COC(=O)C(C)(NCC1CC1)c1ccc(F)c(F)c1. The lowest BCUT2D eigenvalue weighted by atomic mass is 9.91. The molecule has 1 aliphatic rings. The molecule has 1 N–H and O–H groups in total. The van der Waals surface area contributed by atoms with Gasteiger partial charge in [-0.05, 0) is 49.9 Å². The van der Waals surface area contributed by atoms with Crippen LogP contribution in [0.4, 0.5) is 8.78 Å². The molecule has 1 aromatic rings. The number of carbonyl (C=O) groups is 1. The first-order valence-corrected chi connectivity index (χ1v) is 6.26. The van der Waals surface area contributed by atoms with E-state index in [1.165, 1.54) is 13.2 Å². The van der Waals surface area contributed by atoms with Gasteiger partial charge in [0, 0.05) is 0 Å². The van der Waals surface area contributed by atoms with Crippen molar-refractivity contribution in [2.75, 3.05) is 13.7 Å². The maximum atomic E-state index is 13.3. The van der Waals surface area contributed by atoms with Crippen LogP contribution in [-0.2, 0) is 15.1 Å². The van der Waals surface area contributed by atoms with E-state index in [1.54, 1.807) is 6.92 Å². The highest BCUT2D eigenvalue weighted by molar-refractivity contribution is 5.82. The molecule has 1 aliphatic carbocycles. The van der Waals surface area contributed by atoms with Gasteiger partial charge in [-0.15, -0.1) is 0 Å². The molecule has 0 bridgehead atoms. The number of rotatable bonds is 5. The molecule has 1 atom stereocenters. The maximum absolute atomic E-state index is 13.3. The van der Waals surface area contributed by atoms with Gasteiger partial charge in [0.2, 0.25) is 0 Å². The first-order chi connectivity index (χ1) is 8.97. The number of halogens is 2. The number of hydrogen-bond donors (Lipinski definition) is 1. The summed E-state index contributed by atoms with van der Waals surface area (Å²) in [5.74, 6) is -1.87. The van der Waals surface area contributed by atoms with Crippen molar-refractivity contribution in [1.29, 1.82) is 0 Å². The summed E-state index contributed by atoms with van der Waals surface area (Å²) < 4.78 is 31.1. The third-order valence-electron chi connectivity index (χ3n) is 3.53. The molecule has 19 heavy (non-hydrogen) atoms. The van der Waals surface area contributed by atoms with Crippen LogP contribution in [0.2, 0.25) is 0 Å². The van der Waals surface area contributed by atoms with E-state index in [4.69, 9.17) is 4.74 Å². The van der Waals surface area contributed by atoms with E-state index < -0.39 is 23.1 Å². The Hall–Kier alpha value is -1.49. The summed E-state index contributed by atoms with van der Waals surface area (Å²) in [5.41, 5.74) is -0.801. The fourth-order valence-electron chi connectivity index (χ4n) is 1.97. The summed E-state index contributed by atoms with van der Waals surface area (Å²) in [7, 11) is 1.28. The Balaban J connectivity index is 2.28. The largest absolute Gasteiger partial charge is 0.467 e. The predicted molar refractivity (Wildman–Crippen MR) is 66.5 cm³/mol. The minimum Gasteiger partial charge on any atom is -0.467 e. The summed E-state index contributed by atoms with van der Waals surface area (Å²) in [6, 6.07) is 3.45. The molecule has 1 aromatic carbocycles. The van der Waals surface area contributed by atoms with E-state index in [0.29, 0.717) is 18.0 Å². The van der Waals surface area contributed by atoms with Gasteiger partial charge in [-0.2, -0.15) is 0 Å². The molecule has 0 saturated heterocycles. The summed E-state index contributed by atoms with van der Waals surface area (Å²) in [5, 5.41) is 3.11. The average molecular weight is 269 g/mol. The number of esters is 1. The first-order valence-electron chi connectivity index (χ1n) is 6.26. The van der Waals surface area contributed by atoms with Crippen molar-refractivity contribution in [2.24, 2.45) is 5.92 Å². The predicted octanol–water partition coefficient (Wildman–Crippen LogP) is 2.35. The monoisotopic (exact) mass is 269 g/mol. The summed E-state index contributed by atoms with van der Waals surface area (Å²) in [6.07, 6.45) is 2.25. The molecular weight excluding hydrogens is 252 g/mol. The molecule has 1 saturated carbocycles. The lowest BCUT2D eigenvalue weighted by molar-refractivity contribution is -0.148. The zero-order chi connectivity index (χ0) is 14.0. The highest BCUT2D eigenvalue weighted by Gasteiger charge is 2.38. The molecule has 2 rings (SSSR count). The van der Waals surface area contributed by atoms with Crippen molar-refractivity contribution in [1.82, 2.24) is 5.32 Å². The van der Waals surface area contributed by atoms with Crippen LogP contribution in [0.15, 0.2) is 18.2 Å². The van der Waals surface area contributed by atoms with Crippen molar-refractivity contribution < 1.29 is 18.3 Å². The summed E-state index contributed by atoms with van der Waals surface area (Å²) in [6.45, 7) is 2.28. The summed E-state index contributed by atoms with van der Waals surface area (Å²) >= 11 is 0. The van der Waals surface area contributed by atoms with Crippen molar-refractivity contribution in [3.05, 3.63) is 35.4 Å². The van der Waals surface area contributed by atoms with E-state index in [2.05, 4.69) is 5.32 Å². The Morgan fingerprint density at radius 1 is 1.42 bits per heavy atom. The van der Waals surface area contributed by atoms with Gasteiger partial charge in [0.05, 0.1) is 7.11 Å². The highest BCUT2D eigenvalue weighted by atomic mass is 19.2. The zero-order valence-corrected chi connectivity index (χ0v) is 11.0. The molecular formula is C14H17F2NO2. The van der Waals surface area contributed by atoms with E-state index >= 15 is 0 Å². The Morgan fingerprint density at radius 2 is 2.11 bits per heavy atom. The Morgan fingerprint density at radius 3 is 2.63 bits per heavy atom. The Labute approximate surface area is 111 Å². The van der Waals surface area contributed by atoms with Gasteiger partial charge in [0.15, 0.2) is 11.6 Å². The number of nitrogens with one attached hydrogen (secondary N) is 1. The second-order valence-corrected chi connectivity index (χ2v) is 5.07. The Bertz CT molecular complexity index is 488. The molecule has 1 unspecified atom stereocenters. The lowest BCUT2D eigenvalue weighted by Crippen LogP contribution is -2.48. The lowest BCUT2D eigenvalue weighted by Gasteiger charge is -2.28. The third-order valence-corrected chi connectivity index (χ3v) is 3.53. The minimum atomic E-state index is -1.16. The number of ether oxygens (including phenoxy) is 1. The van der Waals surface area contributed by atoms with Gasteiger partial charge in [-0.1, -0.05) is 6.07 Å². The fourth-order valence-corrected chi connectivity index (χ4v) is 1.97. The van der Waals surface area contributed by atoms with Crippen molar-refractivity contribution >= 4 is 5.97 Å². The number of benzene rings is 1. The number of hydrogen-bond acceptors (Lipinski definition) is 3. The molecule has 1 fully saturated rings. The quantitative estimate of drug-likeness (QED) is 0.834. The topological polar surface area (TPSA) is 38.3 Å². The van der Waals surface area contributed by atoms with Gasteiger partial charge < -0.3 is 4.74 Å². The van der Waals surface area contributed by atoms with Crippen LogP contribution in [0, 0.1) is 17.6 Å². The summed E-state index contributed by atoms with van der Waals surface area (Å²) in [4.78, 5) is 12.0. The zero-order valence-electron chi connectivity index (χ0n) is 11.0. The van der Waals surface area contributed by atoms with E-state index in [1.807, 2.05) is 0 Å². The van der Waals surface area contributed by atoms with Gasteiger partial charge in [0.25, 0.3) is 0 Å². The van der Waals surface area contributed by atoms with Crippen molar-refractivity contribution in [3.8, 4) is 0 Å². The normalized spacial score (nSPS) is 17.9. The first kappa shape index (κ1) is 13.9. The van der Waals surface area contributed by atoms with Crippen LogP contribution in [0.5, 0.6) is 0 Å². The number of carbonyl (C=O) groups excluding carboxylic acids is 1. The molecule has 0 heterocycles. The van der Waals surface area contributed by atoms with E-state index in [0.717, 1.165) is 25.0 Å². The Kier molecular flexibility index (Phi) is 3.85. The molecule has 0 spiro atoms. The van der Waals surface area contributed by atoms with Gasteiger partial charge in [-0.3, -0.25) is 5.32 Å². The molecule has 0 aromatic heterocycles.